The molecule has 1 aliphatic carbocycles. The molecule has 1 aliphatic rings. The Bertz CT molecular complexity index is 1160. The van der Waals surface area contributed by atoms with E-state index < -0.39 is 5.91 Å². The van der Waals surface area contributed by atoms with Crippen molar-refractivity contribution in [2.24, 2.45) is 5.92 Å². The number of hydrogen-bond donors (Lipinski definition) is 3. The van der Waals surface area contributed by atoms with Crippen LogP contribution in [0.5, 0.6) is 5.75 Å². The molecule has 0 saturated heterocycles. The summed E-state index contributed by atoms with van der Waals surface area (Å²) in [5.74, 6) is 0.974. The number of aryl methyl sites for hydroxylation is 1. The number of pyridine rings is 1. The van der Waals surface area contributed by atoms with E-state index in [1.54, 1.807) is 31.2 Å². The first kappa shape index (κ1) is 21.2. The maximum Gasteiger partial charge on any atom is 0.278 e. The number of aromatic nitrogens is 3. The highest BCUT2D eigenvalue weighted by molar-refractivity contribution is 6.01. The Morgan fingerprint density at radius 2 is 2.00 bits per heavy atom. The summed E-state index contributed by atoms with van der Waals surface area (Å²) in [6.07, 6.45) is 3.09. The molecule has 0 atom stereocenters. The average Bonchev–Trinajstić information content (AvgIpc) is 3.55. The molecule has 32 heavy (non-hydrogen) atoms. The first-order valence-corrected chi connectivity index (χ1v) is 9.89. The Kier molecular flexibility index (Phi) is 5.99. The Morgan fingerprint density at radius 3 is 2.66 bits per heavy atom. The SMILES string of the molecule is CONC(=O)c1cnc(NC(=O)C2CC2)cc1Nc1cccc(-c2noc(C)n2)c1OC. The van der Waals surface area contributed by atoms with Gasteiger partial charge in [-0.05, 0) is 25.0 Å². The molecule has 3 N–H and O–H groups in total. The number of methoxy groups -OCH3 is 1. The Hall–Kier alpha value is -3.99. The second-order valence-electron chi connectivity index (χ2n) is 7.16. The van der Waals surface area contributed by atoms with Gasteiger partial charge in [-0.3, -0.25) is 14.4 Å². The normalized spacial score (nSPS) is 12.8. The Balaban J connectivity index is 1.71. The number of para-hydroxylation sites is 1. The van der Waals surface area contributed by atoms with Gasteiger partial charge in [0, 0.05) is 25.1 Å². The third kappa shape index (κ3) is 4.52. The molecule has 1 aromatic carbocycles. The van der Waals surface area contributed by atoms with Gasteiger partial charge in [0.1, 0.15) is 5.82 Å². The van der Waals surface area contributed by atoms with E-state index in [1.165, 1.54) is 20.4 Å². The molecular formula is C21H22N6O5. The molecule has 0 aliphatic heterocycles. The average molecular weight is 438 g/mol. The van der Waals surface area contributed by atoms with Gasteiger partial charge in [0.25, 0.3) is 5.91 Å². The predicted octanol–water partition coefficient (Wildman–Crippen LogP) is 2.83. The first-order valence-electron chi connectivity index (χ1n) is 9.89. The Morgan fingerprint density at radius 1 is 1.19 bits per heavy atom. The molecule has 4 rings (SSSR count). The molecule has 0 bridgehead atoms. The summed E-state index contributed by atoms with van der Waals surface area (Å²) in [5.41, 5.74) is 4.02. The second kappa shape index (κ2) is 9.02. The summed E-state index contributed by atoms with van der Waals surface area (Å²) < 4.78 is 10.7. The summed E-state index contributed by atoms with van der Waals surface area (Å²) in [6, 6.07) is 6.93. The number of anilines is 3. The standard InChI is InChI=1S/C21H22N6O5/c1-11-23-19(26-32-11)13-5-4-6-15(18(13)30-2)24-16-9-17(25-20(28)12-7-8-12)22-10-14(16)21(29)27-31-3/h4-6,9-10,12H,7-8H2,1-3H3,(H,27,29)(H2,22,24,25,28). The number of carbonyl (C=O) groups is 2. The molecule has 2 aromatic heterocycles. The molecule has 166 valence electrons. The molecule has 11 nitrogen and oxygen atoms in total. The van der Waals surface area contributed by atoms with Gasteiger partial charge in [-0.2, -0.15) is 4.98 Å². The van der Waals surface area contributed by atoms with Crippen molar-refractivity contribution in [2.45, 2.75) is 19.8 Å². The summed E-state index contributed by atoms with van der Waals surface area (Å²) in [4.78, 5) is 37.8. The molecular weight excluding hydrogens is 416 g/mol. The van der Waals surface area contributed by atoms with Crippen LogP contribution in [0.3, 0.4) is 0 Å². The van der Waals surface area contributed by atoms with E-state index in [0.29, 0.717) is 40.2 Å². The van der Waals surface area contributed by atoms with Gasteiger partial charge in [-0.15, -0.1) is 0 Å². The fourth-order valence-electron chi connectivity index (χ4n) is 3.11. The Labute approximate surface area is 183 Å². The number of hydroxylamine groups is 1. The lowest BCUT2D eigenvalue weighted by Gasteiger charge is -2.16. The van der Waals surface area contributed by atoms with Crippen molar-refractivity contribution in [1.29, 1.82) is 0 Å². The van der Waals surface area contributed by atoms with E-state index in [-0.39, 0.29) is 17.4 Å². The van der Waals surface area contributed by atoms with Gasteiger partial charge in [0.2, 0.25) is 17.6 Å². The number of carbonyl (C=O) groups excluding carboxylic acids is 2. The monoisotopic (exact) mass is 438 g/mol. The molecule has 0 unspecified atom stereocenters. The molecule has 1 saturated carbocycles. The van der Waals surface area contributed by atoms with Crippen LogP contribution in [0, 0.1) is 12.8 Å². The highest BCUT2D eigenvalue weighted by Crippen LogP contribution is 2.37. The largest absolute Gasteiger partial charge is 0.494 e. The second-order valence-corrected chi connectivity index (χ2v) is 7.16. The number of nitrogens with zero attached hydrogens (tertiary/aromatic N) is 3. The quantitative estimate of drug-likeness (QED) is 0.453. The number of ether oxygens (including phenoxy) is 1. The minimum Gasteiger partial charge on any atom is -0.494 e. The van der Waals surface area contributed by atoms with Crippen LogP contribution in [-0.4, -0.2) is 41.2 Å². The lowest BCUT2D eigenvalue weighted by Crippen LogP contribution is -2.23. The molecule has 0 radical (unpaired) electrons. The molecule has 3 aromatic rings. The number of rotatable bonds is 8. The van der Waals surface area contributed by atoms with E-state index in [2.05, 4.69) is 31.2 Å². The third-order valence-corrected chi connectivity index (χ3v) is 4.80. The zero-order valence-corrected chi connectivity index (χ0v) is 17.8. The minimum absolute atomic E-state index is 0.0138. The van der Waals surface area contributed by atoms with Crippen LogP contribution in [0.4, 0.5) is 17.2 Å². The third-order valence-electron chi connectivity index (χ3n) is 4.80. The lowest BCUT2D eigenvalue weighted by atomic mass is 10.1. The van der Waals surface area contributed by atoms with Gasteiger partial charge >= 0.3 is 0 Å². The summed E-state index contributed by atoms with van der Waals surface area (Å²) in [6.45, 7) is 1.69. The lowest BCUT2D eigenvalue weighted by molar-refractivity contribution is -0.117. The van der Waals surface area contributed by atoms with Crippen molar-refractivity contribution in [3.63, 3.8) is 0 Å². The van der Waals surface area contributed by atoms with Crippen LogP contribution in [0.25, 0.3) is 11.4 Å². The fraction of sp³-hybridized carbons (Fsp3) is 0.286. The molecule has 2 heterocycles. The number of amides is 2. The smallest absolute Gasteiger partial charge is 0.278 e. The van der Waals surface area contributed by atoms with Crippen molar-refractivity contribution in [2.75, 3.05) is 24.9 Å². The van der Waals surface area contributed by atoms with Crippen LogP contribution < -0.4 is 20.9 Å². The summed E-state index contributed by atoms with van der Waals surface area (Å²) in [5, 5.41) is 9.92. The van der Waals surface area contributed by atoms with E-state index in [4.69, 9.17) is 14.1 Å². The highest BCUT2D eigenvalue weighted by atomic mass is 16.6. The van der Waals surface area contributed by atoms with Crippen LogP contribution in [0.15, 0.2) is 35.0 Å². The van der Waals surface area contributed by atoms with Crippen LogP contribution >= 0.6 is 0 Å². The number of nitrogens with one attached hydrogen (secondary N) is 3. The summed E-state index contributed by atoms with van der Waals surface area (Å²) >= 11 is 0. The first-order chi connectivity index (χ1) is 15.5. The van der Waals surface area contributed by atoms with Gasteiger partial charge in [0.05, 0.1) is 36.7 Å². The molecule has 1 fully saturated rings. The number of hydrogen-bond acceptors (Lipinski definition) is 9. The van der Waals surface area contributed by atoms with Crippen molar-refractivity contribution in [3.8, 4) is 17.1 Å². The van der Waals surface area contributed by atoms with Crippen LogP contribution in [0.2, 0.25) is 0 Å². The van der Waals surface area contributed by atoms with Crippen molar-refractivity contribution < 1.29 is 23.7 Å². The van der Waals surface area contributed by atoms with E-state index in [9.17, 15) is 9.59 Å². The van der Waals surface area contributed by atoms with Crippen LogP contribution in [-0.2, 0) is 9.63 Å². The van der Waals surface area contributed by atoms with Gasteiger partial charge in [-0.1, -0.05) is 11.2 Å². The van der Waals surface area contributed by atoms with Gasteiger partial charge in [0.15, 0.2) is 5.75 Å². The molecule has 11 heteroatoms. The topological polar surface area (TPSA) is 140 Å². The zero-order chi connectivity index (χ0) is 22.7. The fourth-order valence-corrected chi connectivity index (χ4v) is 3.11. The van der Waals surface area contributed by atoms with E-state index in [0.717, 1.165) is 12.8 Å². The van der Waals surface area contributed by atoms with Gasteiger partial charge in [-0.25, -0.2) is 10.5 Å². The summed E-state index contributed by atoms with van der Waals surface area (Å²) in [7, 11) is 2.85. The maximum atomic E-state index is 12.5. The maximum absolute atomic E-state index is 12.5. The van der Waals surface area contributed by atoms with Crippen molar-refractivity contribution >= 4 is 29.0 Å². The van der Waals surface area contributed by atoms with Crippen molar-refractivity contribution in [3.05, 3.63) is 41.9 Å². The van der Waals surface area contributed by atoms with Gasteiger partial charge < -0.3 is 19.9 Å². The predicted molar refractivity (Wildman–Crippen MR) is 114 cm³/mol. The van der Waals surface area contributed by atoms with E-state index >= 15 is 0 Å². The van der Waals surface area contributed by atoms with Crippen LogP contribution in [0.1, 0.15) is 29.1 Å². The molecule has 0 spiro atoms. The van der Waals surface area contributed by atoms with Crippen molar-refractivity contribution in [1.82, 2.24) is 20.6 Å². The zero-order valence-electron chi connectivity index (χ0n) is 17.8. The number of benzene rings is 1. The minimum atomic E-state index is -0.508. The highest BCUT2D eigenvalue weighted by Gasteiger charge is 2.30. The molecule has 2 amide bonds. The van der Waals surface area contributed by atoms with E-state index in [1.807, 2.05) is 0 Å².